The molecule has 0 aliphatic carbocycles. The molecular weight excluding hydrogens is 434 g/mol. The number of imidazole rings is 1. The van der Waals surface area contributed by atoms with Crippen LogP contribution in [0.15, 0.2) is 72.8 Å². The SMILES string of the molecule is Cc1cccc(N2CC(c3nc4ccccc4n3CCCOc3ccccc3Cl)CC2=O)c1. The molecule has 0 saturated carbocycles. The second-order valence-corrected chi connectivity index (χ2v) is 8.89. The molecule has 3 aromatic carbocycles. The van der Waals surface area contributed by atoms with E-state index < -0.39 is 0 Å². The van der Waals surface area contributed by atoms with E-state index in [0.717, 1.165) is 41.1 Å². The van der Waals surface area contributed by atoms with Gasteiger partial charge in [-0.2, -0.15) is 0 Å². The Balaban J connectivity index is 1.36. The van der Waals surface area contributed by atoms with Crippen LogP contribution in [0.4, 0.5) is 5.69 Å². The quantitative estimate of drug-likeness (QED) is 0.319. The number of para-hydroxylation sites is 3. The minimum Gasteiger partial charge on any atom is -0.492 e. The fourth-order valence-electron chi connectivity index (χ4n) is 4.53. The van der Waals surface area contributed by atoms with Crippen molar-refractivity contribution in [2.24, 2.45) is 0 Å². The summed E-state index contributed by atoms with van der Waals surface area (Å²) in [6.45, 7) is 4.00. The molecule has 1 amide bonds. The molecular formula is C27H26ClN3O2. The van der Waals surface area contributed by atoms with Crippen molar-refractivity contribution in [3.8, 4) is 5.75 Å². The highest BCUT2D eigenvalue weighted by Crippen LogP contribution is 2.33. The lowest BCUT2D eigenvalue weighted by molar-refractivity contribution is -0.117. The molecule has 0 bridgehead atoms. The van der Waals surface area contributed by atoms with Gasteiger partial charge in [-0.1, -0.05) is 48.0 Å². The molecule has 5 rings (SSSR count). The van der Waals surface area contributed by atoms with Crippen LogP contribution in [-0.4, -0.2) is 28.6 Å². The number of rotatable bonds is 7. The fraction of sp³-hybridized carbons (Fsp3) is 0.259. The third-order valence-corrected chi connectivity index (χ3v) is 6.42. The summed E-state index contributed by atoms with van der Waals surface area (Å²) in [7, 11) is 0. The normalized spacial score (nSPS) is 16.0. The number of benzene rings is 3. The molecule has 4 aromatic rings. The van der Waals surface area contributed by atoms with Crippen LogP contribution in [0.1, 0.15) is 30.1 Å². The number of anilines is 1. The van der Waals surface area contributed by atoms with E-state index in [4.69, 9.17) is 21.3 Å². The number of fused-ring (bicyclic) bond motifs is 1. The van der Waals surface area contributed by atoms with Crippen LogP contribution in [0.25, 0.3) is 11.0 Å². The van der Waals surface area contributed by atoms with Crippen molar-refractivity contribution < 1.29 is 9.53 Å². The highest BCUT2D eigenvalue weighted by molar-refractivity contribution is 6.32. The summed E-state index contributed by atoms with van der Waals surface area (Å²) >= 11 is 6.20. The van der Waals surface area contributed by atoms with Crippen LogP contribution in [0, 0.1) is 6.92 Å². The van der Waals surface area contributed by atoms with E-state index in [1.807, 2.05) is 72.5 Å². The van der Waals surface area contributed by atoms with E-state index in [1.165, 1.54) is 0 Å². The van der Waals surface area contributed by atoms with Gasteiger partial charge >= 0.3 is 0 Å². The van der Waals surface area contributed by atoms with Crippen molar-refractivity contribution >= 4 is 34.2 Å². The lowest BCUT2D eigenvalue weighted by Gasteiger charge is -2.18. The second-order valence-electron chi connectivity index (χ2n) is 8.49. The standard InChI is InChI=1S/C27H26ClN3O2/c1-19-8-6-9-21(16-19)31-18-20(17-26(31)32)27-29-23-11-3-4-12-24(23)30(27)14-7-15-33-25-13-5-2-10-22(25)28/h2-6,8-13,16,20H,7,14-15,17-18H2,1H3. The molecule has 33 heavy (non-hydrogen) atoms. The number of hydrogen-bond acceptors (Lipinski definition) is 3. The summed E-state index contributed by atoms with van der Waals surface area (Å²) in [5.41, 5.74) is 4.15. The third-order valence-electron chi connectivity index (χ3n) is 6.11. The Bertz CT molecular complexity index is 1300. The highest BCUT2D eigenvalue weighted by Gasteiger charge is 2.34. The summed E-state index contributed by atoms with van der Waals surface area (Å²) in [6.07, 6.45) is 1.27. The van der Waals surface area contributed by atoms with Gasteiger partial charge < -0.3 is 14.2 Å². The van der Waals surface area contributed by atoms with Crippen LogP contribution >= 0.6 is 11.6 Å². The van der Waals surface area contributed by atoms with Crippen LogP contribution < -0.4 is 9.64 Å². The Labute approximate surface area is 198 Å². The average Bonchev–Trinajstić information content (AvgIpc) is 3.38. The van der Waals surface area contributed by atoms with Gasteiger partial charge in [0.25, 0.3) is 0 Å². The third kappa shape index (κ3) is 4.46. The van der Waals surface area contributed by atoms with Gasteiger partial charge in [0.2, 0.25) is 5.91 Å². The van der Waals surface area contributed by atoms with Gasteiger partial charge in [0, 0.05) is 31.1 Å². The van der Waals surface area contributed by atoms with E-state index >= 15 is 0 Å². The molecule has 6 heteroatoms. The molecule has 5 nitrogen and oxygen atoms in total. The molecule has 1 aromatic heterocycles. The largest absolute Gasteiger partial charge is 0.492 e. The number of carbonyl (C=O) groups excluding carboxylic acids is 1. The molecule has 1 fully saturated rings. The summed E-state index contributed by atoms with van der Waals surface area (Å²) in [5, 5.41) is 0.618. The first-order chi connectivity index (χ1) is 16.1. The minimum absolute atomic E-state index is 0.0508. The number of hydrogen-bond donors (Lipinski definition) is 0. The molecule has 1 aliphatic rings. The Morgan fingerprint density at radius 1 is 1.06 bits per heavy atom. The van der Waals surface area contributed by atoms with Crippen LogP contribution in [0.2, 0.25) is 5.02 Å². The zero-order chi connectivity index (χ0) is 22.8. The molecule has 1 atom stereocenters. The highest BCUT2D eigenvalue weighted by atomic mass is 35.5. The number of carbonyl (C=O) groups is 1. The summed E-state index contributed by atoms with van der Waals surface area (Å²) in [5.74, 6) is 1.86. The van der Waals surface area contributed by atoms with Crippen molar-refractivity contribution in [2.45, 2.75) is 32.2 Å². The van der Waals surface area contributed by atoms with E-state index in [9.17, 15) is 4.79 Å². The van der Waals surface area contributed by atoms with Gasteiger partial charge in [0.05, 0.1) is 22.7 Å². The predicted molar refractivity (Wildman–Crippen MR) is 132 cm³/mol. The van der Waals surface area contributed by atoms with E-state index in [2.05, 4.69) is 16.7 Å². The Kier molecular flexibility index (Phi) is 6.05. The molecule has 0 radical (unpaired) electrons. The van der Waals surface area contributed by atoms with Crippen LogP contribution in [0.3, 0.4) is 0 Å². The summed E-state index contributed by atoms with van der Waals surface area (Å²) in [6, 6.07) is 23.8. The molecule has 0 spiro atoms. The number of aryl methyl sites for hydroxylation is 2. The lowest BCUT2D eigenvalue weighted by Crippen LogP contribution is -2.24. The van der Waals surface area contributed by atoms with Gasteiger partial charge in [0.1, 0.15) is 11.6 Å². The smallest absolute Gasteiger partial charge is 0.227 e. The Morgan fingerprint density at radius 2 is 1.88 bits per heavy atom. The van der Waals surface area contributed by atoms with E-state index in [0.29, 0.717) is 30.3 Å². The first-order valence-electron chi connectivity index (χ1n) is 11.3. The minimum atomic E-state index is 0.0508. The fourth-order valence-corrected chi connectivity index (χ4v) is 4.72. The Hall–Kier alpha value is -3.31. The predicted octanol–water partition coefficient (Wildman–Crippen LogP) is 5.99. The van der Waals surface area contributed by atoms with Gasteiger partial charge in [-0.15, -0.1) is 0 Å². The van der Waals surface area contributed by atoms with Crippen molar-refractivity contribution in [3.05, 3.63) is 89.2 Å². The molecule has 1 saturated heterocycles. The first-order valence-corrected chi connectivity index (χ1v) is 11.7. The number of amides is 1. The first kappa shape index (κ1) is 21.5. The van der Waals surface area contributed by atoms with Crippen molar-refractivity contribution in [2.75, 3.05) is 18.1 Å². The lowest BCUT2D eigenvalue weighted by atomic mass is 10.1. The Morgan fingerprint density at radius 3 is 2.73 bits per heavy atom. The van der Waals surface area contributed by atoms with Crippen molar-refractivity contribution in [1.82, 2.24) is 9.55 Å². The number of ether oxygens (including phenoxy) is 1. The number of halogens is 1. The number of aromatic nitrogens is 2. The van der Waals surface area contributed by atoms with E-state index in [-0.39, 0.29) is 11.8 Å². The molecule has 2 heterocycles. The summed E-state index contributed by atoms with van der Waals surface area (Å²) in [4.78, 5) is 19.7. The molecule has 0 N–H and O–H groups in total. The molecule has 1 unspecified atom stereocenters. The van der Waals surface area contributed by atoms with E-state index in [1.54, 1.807) is 0 Å². The van der Waals surface area contributed by atoms with Crippen LogP contribution in [-0.2, 0) is 11.3 Å². The van der Waals surface area contributed by atoms with Gasteiger partial charge in [-0.25, -0.2) is 4.98 Å². The average molecular weight is 460 g/mol. The van der Waals surface area contributed by atoms with Gasteiger partial charge in [0.15, 0.2) is 0 Å². The van der Waals surface area contributed by atoms with Gasteiger partial charge in [-0.05, 0) is 55.3 Å². The maximum Gasteiger partial charge on any atom is 0.227 e. The zero-order valence-corrected chi connectivity index (χ0v) is 19.3. The summed E-state index contributed by atoms with van der Waals surface area (Å²) < 4.78 is 8.14. The van der Waals surface area contributed by atoms with Crippen molar-refractivity contribution in [1.29, 1.82) is 0 Å². The molecule has 168 valence electrons. The topological polar surface area (TPSA) is 47.4 Å². The maximum absolute atomic E-state index is 12.9. The molecule has 1 aliphatic heterocycles. The van der Waals surface area contributed by atoms with Crippen molar-refractivity contribution in [3.63, 3.8) is 0 Å². The monoisotopic (exact) mass is 459 g/mol. The van der Waals surface area contributed by atoms with Gasteiger partial charge in [-0.3, -0.25) is 4.79 Å². The second kappa shape index (κ2) is 9.28. The van der Waals surface area contributed by atoms with Crippen LogP contribution in [0.5, 0.6) is 5.75 Å². The number of nitrogens with zero attached hydrogens (tertiary/aromatic N) is 3. The maximum atomic E-state index is 12.9. The zero-order valence-electron chi connectivity index (χ0n) is 18.6.